The van der Waals surface area contributed by atoms with Crippen LogP contribution in [0.1, 0.15) is 26.2 Å². The molecule has 0 spiro atoms. The monoisotopic (exact) mass is 441 g/mol. The third-order valence-electron chi connectivity index (χ3n) is 3.52. The molecule has 1 rings (SSSR count). The maximum Gasteiger partial charge on any atom is 0.241 e. The lowest BCUT2D eigenvalue weighted by molar-refractivity contribution is -0.119. The number of nitrogens with one attached hydrogen (secondary N) is 3. The van der Waals surface area contributed by atoms with Crippen molar-refractivity contribution in [2.75, 3.05) is 59.5 Å². The first-order valence-corrected chi connectivity index (χ1v) is 8.26. The van der Waals surface area contributed by atoms with E-state index in [1.165, 1.54) is 32.4 Å². The van der Waals surface area contributed by atoms with E-state index >= 15 is 0 Å². The molecule has 23 heavy (non-hydrogen) atoms. The van der Waals surface area contributed by atoms with Crippen LogP contribution in [0.4, 0.5) is 0 Å². The summed E-state index contributed by atoms with van der Waals surface area (Å²) < 4.78 is 4.89. The maximum absolute atomic E-state index is 11.6. The van der Waals surface area contributed by atoms with Crippen LogP contribution in [-0.2, 0) is 9.53 Å². The molecular formula is C15H32IN5O2. The van der Waals surface area contributed by atoms with Gasteiger partial charge in [0, 0.05) is 33.3 Å². The molecule has 1 fully saturated rings. The van der Waals surface area contributed by atoms with E-state index in [9.17, 15) is 4.79 Å². The highest BCUT2D eigenvalue weighted by Gasteiger charge is 2.09. The fraction of sp³-hybridized carbons (Fsp3) is 0.867. The minimum atomic E-state index is -0.0923. The summed E-state index contributed by atoms with van der Waals surface area (Å²) in [7, 11) is 1.61. The first-order chi connectivity index (χ1) is 10.8. The lowest BCUT2D eigenvalue weighted by Gasteiger charge is -2.26. The molecule has 1 aliphatic rings. The van der Waals surface area contributed by atoms with E-state index in [0.717, 1.165) is 19.6 Å². The molecule has 0 aromatic carbocycles. The summed E-state index contributed by atoms with van der Waals surface area (Å²) in [5.41, 5.74) is 0. The van der Waals surface area contributed by atoms with Gasteiger partial charge in [0.15, 0.2) is 5.96 Å². The number of nitrogens with zero attached hydrogens (tertiary/aromatic N) is 2. The first kappa shape index (κ1) is 22.4. The molecule has 0 bridgehead atoms. The zero-order valence-corrected chi connectivity index (χ0v) is 16.7. The van der Waals surface area contributed by atoms with Crippen LogP contribution in [0, 0.1) is 0 Å². The van der Waals surface area contributed by atoms with Gasteiger partial charge in [-0.15, -0.1) is 24.0 Å². The van der Waals surface area contributed by atoms with Crippen LogP contribution in [0.25, 0.3) is 0 Å². The van der Waals surface area contributed by atoms with Crippen LogP contribution in [0.3, 0.4) is 0 Å². The van der Waals surface area contributed by atoms with E-state index in [1.807, 2.05) is 6.92 Å². The SMILES string of the molecule is CCNC(=NCC(=O)NCCOC)NCCN1CCCCC1.I. The molecule has 1 amide bonds. The van der Waals surface area contributed by atoms with Gasteiger partial charge >= 0.3 is 0 Å². The minimum Gasteiger partial charge on any atom is -0.383 e. The third kappa shape index (κ3) is 11.5. The number of hydrogen-bond donors (Lipinski definition) is 3. The smallest absolute Gasteiger partial charge is 0.241 e. The predicted octanol–water partition coefficient (Wildman–Crippen LogP) is 0.408. The van der Waals surface area contributed by atoms with Gasteiger partial charge in [0.05, 0.1) is 6.61 Å². The Bertz CT molecular complexity index is 336. The molecule has 0 aliphatic carbocycles. The first-order valence-electron chi connectivity index (χ1n) is 8.26. The van der Waals surface area contributed by atoms with E-state index in [0.29, 0.717) is 19.1 Å². The van der Waals surface area contributed by atoms with Gasteiger partial charge in [-0.3, -0.25) is 4.79 Å². The van der Waals surface area contributed by atoms with Gasteiger partial charge in [-0.25, -0.2) is 4.99 Å². The number of likely N-dealkylation sites (tertiary alicyclic amines) is 1. The summed E-state index contributed by atoms with van der Waals surface area (Å²) in [4.78, 5) is 18.4. The zero-order chi connectivity index (χ0) is 16.0. The fourth-order valence-electron chi connectivity index (χ4n) is 2.36. The summed E-state index contributed by atoms with van der Waals surface area (Å²) in [6, 6.07) is 0. The lowest BCUT2D eigenvalue weighted by Crippen LogP contribution is -2.43. The van der Waals surface area contributed by atoms with Crippen LogP contribution < -0.4 is 16.0 Å². The Kier molecular flexibility index (Phi) is 14.6. The largest absolute Gasteiger partial charge is 0.383 e. The number of amides is 1. The van der Waals surface area contributed by atoms with E-state index in [1.54, 1.807) is 7.11 Å². The van der Waals surface area contributed by atoms with Gasteiger partial charge in [-0.2, -0.15) is 0 Å². The van der Waals surface area contributed by atoms with Gasteiger partial charge in [0.1, 0.15) is 6.54 Å². The van der Waals surface area contributed by atoms with E-state index in [-0.39, 0.29) is 36.4 Å². The van der Waals surface area contributed by atoms with Gasteiger partial charge in [0.25, 0.3) is 0 Å². The maximum atomic E-state index is 11.6. The van der Waals surface area contributed by atoms with Crippen LogP contribution in [0.5, 0.6) is 0 Å². The summed E-state index contributed by atoms with van der Waals surface area (Å²) >= 11 is 0. The molecule has 0 unspecified atom stereocenters. The van der Waals surface area contributed by atoms with E-state index < -0.39 is 0 Å². The quantitative estimate of drug-likeness (QED) is 0.209. The number of aliphatic imine (C=N–C) groups is 1. The number of guanidine groups is 1. The number of halogens is 1. The Morgan fingerprint density at radius 3 is 2.52 bits per heavy atom. The average molecular weight is 441 g/mol. The Balaban J connectivity index is 0.00000484. The summed E-state index contributed by atoms with van der Waals surface area (Å²) in [6.45, 7) is 8.20. The number of carbonyl (C=O) groups is 1. The summed E-state index contributed by atoms with van der Waals surface area (Å²) in [6.07, 6.45) is 3.96. The van der Waals surface area contributed by atoms with E-state index in [4.69, 9.17) is 4.74 Å². The third-order valence-corrected chi connectivity index (χ3v) is 3.52. The Hall–Kier alpha value is -0.610. The van der Waals surface area contributed by atoms with E-state index in [2.05, 4.69) is 25.8 Å². The second-order valence-corrected chi connectivity index (χ2v) is 5.37. The van der Waals surface area contributed by atoms with Crippen molar-refractivity contribution in [3.8, 4) is 0 Å². The Morgan fingerprint density at radius 2 is 1.87 bits per heavy atom. The number of hydrogen-bond acceptors (Lipinski definition) is 4. The highest BCUT2D eigenvalue weighted by molar-refractivity contribution is 14.0. The van der Waals surface area contributed by atoms with Gasteiger partial charge in [-0.1, -0.05) is 6.42 Å². The summed E-state index contributed by atoms with van der Waals surface area (Å²) in [5.74, 6) is 0.603. The number of ether oxygens (including phenoxy) is 1. The van der Waals surface area contributed by atoms with Crippen LogP contribution in [-0.4, -0.2) is 76.3 Å². The van der Waals surface area contributed by atoms with Gasteiger partial charge in [-0.05, 0) is 32.9 Å². The molecule has 3 N–H and O–H groups in total. The molecular weight excluding hydrogens is 409 g/mol. The van der Waals surface area contributed by atoms with Crippen LogP contribution in [0.2, 0.25) is 0 Å². The average Bonchev–Trinajstić information content (AvgIpc) is 2.54. The normalized spacial score (nSPS) is 15.7. The molecule has 0 radical (unpaired) electrons. The molecule has 136 valence electrons. The molecule has 1 aliphatic heterocycles. The van der Waals surface area contributed by atoms with Gasteiger partial charge < -0.3 is 25.6 Å². The van der Waals surface area contributed by atoms with Crippen molar-refractivity contribution < 1.29 is 9.53 Å². The molecule has 1 heterocycles. The number of carbonyl (C=O) groups excluding carboxylic acids is 1. The second-order valence-electron chi connectivity index (χ2n) is 5.37. The highest BCUT2D eigenvalue weighted by Crippen LogP contribution is 2.07. The number of piperidine rings is 1. The van der Waals surface area contributed by atoms with Crippen LogP contribution in [0.15, 0.2) is 4.99 Å². The topological polar surface area (TPSA) is 78.0 Å². The molecule has 0 aromatic rings. The van der Waals surface area contributed by atoms with Crippen molar-refractivity contribution in [3.05, 3.63) is 0 Å². The Morgan fingerprint density at radius 1 is 1.13 bits per heavy atom. The van der Waals surface area contributed by atoms with Crippen molar-refractivity contribution in [1.29, 1.82) is 0 Å². The zero-order valence-electron chi connectivity index (χ0n) is 14.4. The molecule has 8 heteroatoms. The van der Waals surface area contributed by atoms with Crippen molar-refractivity contribution in [3.63, 3.8) is 0 Å². The summed E-state index contributed by atoms with van der Waals surface area (Å²) in [5, 5.41) is 9.20. The molecule has 7 nitrogen and oxygen atoms in total. The standard InChI is InChI=1S/C15H31N5O2.HI/c1-3-16-15(19-13-14(21)17-8-12-22-2)18-7-11-20-9-5-4-6-10-20;/h3-13H2,1-2H3,(H,17,21)(H2,16,18,19);1H. The molecule has 1 saturated heterocycles. The van der Waals surface area contributed by atoms with Crippen molar-refractivity contribution in [2.45, 2.75) is 26.2 Å². The number of rotatable bonds is 9. The number of methoxy groups -OCH3 is 1. The molecule has 0 aromatic heterocycles. The van der Waals surface area contributed by atoms with Crippen LogP contribution >= 0.6 is 24.0 Å². The highest BCUT2D eigenvalue weighted by atomic mass is 127. The minimum absolute atomic E-state index is 0. The molecule has 0 saturated carbocycles. The predicted molar refractivity (Wildman–Crippen MR) is 105 cm³/mol. The Labute approximate surface area is 157 Å². The fourth-order valence-corrected chi connectivity index (χ4v) is 2.36. The lowest BCUT2D eigenvalue weighted by atomic mass is 10.1. The van der Waals surface area contributed by atoms with Crippen molar-refractivity contribution in [1.82, 2.24) is 20.9 Å². The molecule has 0 atom stereocenters. The van der Waals surface area contributed by atoms with Crippen molar-refractivity contribution >= 4 is 35.8 Å². The van der Waals surface area contributed by atoms with Gasteiger partial charge in [0.2, 0.25) is 5.91 Å². The van der Waals surface area contributed by atoms with Crippen molar-refractivity contribution in [2.24, 2.45) is 4.99 Å². The second kappa shape index (κ2) is 14.9.